The van der Waals surface area contributed by atoms with E-state index in [1.807, 2.05) is 26.0 Å². The van der Waals surface area contributed by atoms with Crippen LogP contribution in [0.15, 0.2) is 28.7 Å². The van der Waals surface area contributed by atoms with Crippen molar-refractivity contribution in [2.24, 2.45) is 0 Å². The van der Waals surface area contributed by atoms with E-state index in [9.17, 15) is 0 Å². The van der Waals surface area contributed by atoms with Crippen LogP contribution in [0.2, 0.25) is 0 Å². The van der Waals surface area contributed by atoms with Crippen LogP contribution in [0, 0.1) is 0 Å². The van der Waals surface area contributed by atoms with Crippen molar-refractivity contribution in [3.63, 3.8) is 0 Å². The number of hydrogen-bond donors (Lipinski definition) is 1. The minimum absolute atomic E-state index is 0.0258. The van der Waals surface area contributed by atoms with Gasteiger partial charge in [-0.3, -0.25) is 0 Å². The topological polar surface area (TPSA) is 49.0 Å². The van der Waals surface area contributed by atoms with Gasteiger partial charge < -0.3 is 24.3 Å². The first kappa shape index (κ1) is 19.8. The van der Waals surface area contributed by atoms with Crippen molar-refractivity contribution in [1.29, 1.82) is 0 Å². The standard InChI is InChI=1S/C21H26BrNO4/c1-5-26-19-9-13-7-8-23-21(14(13)10-20(19)27-6-2)15-11-17(24-3)18(25-4)12-16(15)22/h9-12,21,23H,5-8H2,1-4H3/t21-/m1/s1. The molecule has 1 heterocycles. The van der Waals surface area contributed by atoms with Gasteiger partial charge in [-0.1, -0.05) is 15.9 Å². The summed E-state index contributed by atoms with van der Waals surface area (Å²) in [6, 6.07) is 8.21. The highest BCUT2D eigenvalue weighted by atomic mass is 79.9. The predicted molar refractivity (Wildman–Crippen MR) is 110 cm³/mol. The van der Waals surface area contributed by atoms with Crippen molar-refractivity contribution in [3.05, 3.63) is 45.4 Å². The number of fused-ring (bicyclic) bond motifs is 1. The fourth-order valence-electron chi connectivity index (χ4n) is 3.47. The second kappa shape index (κ2) is 8.85. The smallest absolute Gasteiger partial charge is 0.161 e. The molecule has 0 unspecified atom stereocenters. The Bertz CT molecular complexity index is 809. The molecule has 0 spiro atoms. The molecule has 3 rings (SSSR count). The summed E-state index contributed by atoms with van der Waals surface area (Å²) >= 11 is 3.70. The van der Waals surface area contributed by atoms with Crippen LogP contribution in [0.25, 0.3) is 0 Å². The van der Waals surface area contributed by atoms with E-state index < -0.39 is 0 Å². The van der Waals surface area contributed by atoms with Crippen molar-refractivity contribution in [2.45, 2.75) is 26.3 Å². The van der Waals surface area contributed by atoms with Gasteiger partial charge in [0.15, 0.2) is 23.0 Å². The average Bonchev–Trinajstić information content (AvgIpc) is 2.68. The molecule has 0 radical (unpaired) electrons. The number of hydrogen-bond acceptors (Lipinski definition) is 5. The lowest BCUT2D eigenvalue weighted by molar-refractivity contribution is 0.286. The van der Waals surface area contributed by atoms with Gasteiger partial charge in [0.05, 0.1) is 33.5 Å². The SMILES string of the molecule is CCOc1cc2c(cc1OCC)[C@H](c1cc(OC)c(OC)cc1Br)NCC2. The van der Waals surface area contributed by atoms with E-state index in [0.717, 1.165) is 34.5 Å². The third kappa shape index (κ3) is 4.01. The van der Waals surface area contributed by atoms with Gasteiger partial charge in [0, 0.05) is 11.0 Å². The first-order chi connectivity index (χ1) is 13.1. The number of benzene rings is 2. The summed E-state index contributed by atoms with van der Waals surface area (Å²) in [5.74, 6) is 3.00. The zero-order valence-corrected chi connectivity index (χ0v) is 17.8. The summed E-state index contributed by atoms with van der Waals surface area (Å²) in [6.45, 7) is 6.06. The molecule has 27 heavy (non-hydrogen) atoms. The molecular weight excluding hydrogens is 410 g/mol. The van der Waals surface area contributed by atoms with Crippen molar-refractivity contribution in [3.8, 4) is 23.0 Å². The average molecular weight is 436 g/mol. The van der Waals surface area contributed by atoms with Crippen LogP contribution in [-0.2, 0) is 6.42 Å². The predicted octanol–water partition coefficient (Wildman–Crippen LogP) is 4.50. The first-order valence-electron chi connectivity index (χ1n) is 9.20. The van der Waals surface area contributed by atoms with Crippen LogP contribution in [0.3, 0.4) is 0 Å². The molecule has 2 aromatic carbocycles. The van der Waals surface area contributed by atoms with Crippen LogP contribution in [0.4, 0.5) is 0 Å². The summed E-state index contributed by atoms with van der Waals surface area (Å²) in [6.07, 6.45) is 0.948. The quantitative estimate of drug-likeness (QED) is 0.693. The highest BCUT2D eigenvalue weighted by molar-refractivity contribution is 9.10. The maximum absolute atomic E-state index is 5.84. The van der Waals surface area contributed by atoms with Gasteiger partial charge in [-0.15, -0.1) is 0 Å². The normalized spacial score (nSPS) is 15.8. The number of nitrogens with one attached hydrogen (secondary N) is 1. The summed E-state index contributed by atoms with van der Waals surface area (Å²) in [5, 5.41) is 3.62. The molecule has 0 saturated heterocycles. The fourth-order valence-corrected chi connectivity index (χ4v) is 4.02. The maximum atomic E-state index is 5.84. The van der Waals surface area contributed by atoms with Gasteiger partial charge in [-0.2, -0.15) is 0 Å². The minimum Gasteiger partial charge on any atom is -0.493 e. The molecule has 1 aliphatic rings. The van der Waals surface area contributed by atoms with Gasteiger partial charge in [0.2, 0.25) is 0 Å². The highest BCUT2D eigenvalue weighted by Crippen LogP contribution is 2.42. The van der Waals surface area contributed by atoms with E-state index >= 15 is 0 Å². The molecule has 0 amide bonds. The number of methoxy groups -OCH3 is 2. The van der Waals surface area contributed by atoms with Crippen LogP contribution in [0.5, 0.6) is 23.0 Å². The summed E-state index contributed by atoms with van der Waals surface area (Å²) in [4.78, 5) is 0. The van der Waals surface area contributed by atoms with Crippen LogP contribution < -0.4 is 24.3 Å². The zero-order chi connectivity index (χ0) is 19.4. The molecule has 6 heteroatoms. The number of ether oxygens (including phenoxy) is 4. The van der Waals surface area contributed by atoms with Crippen LogP contribution in [-0.4, -0.2) is 34.0 Å². The monoisotopic (exact) mass is 435 g/mol. The van der Waals surface area contributed by atoms with E-state index in [1.54, 1.807) is 14.2 Å². The van der Waals surface area contributed by atoms with Gasteiger partial charge in [0.25, 0.3) is 0 Å². The Kier molecular flexibility index (Phi) is 6.50. The van der Waals surface area contributed by atoms with Gasteiger partial charge in [0.1, 0.15) is 0 Å². The van der Waals surface area contributed by atoms with Crippen LogP contribution >= 0.6 is 15.9 Å². The van der Waals surface area contributed by atoms with E-state index in [-0.39, 0.29) is 6.04 Å². The molecule has 0 fully saturated rings. The second-order valence-electron chi connectivity index (χ2n) is 6.23. The summed E-state index contributed by atoms with van der Waals surface area (Å²) < 4.78 is 23.5. The van der Waals surface area contributed by atoms with Crippen molar-refractivity contribution < 1.29 is 18.9 Å². The molecule has 146 valence electrons. The molecule has 0 saturated carbocycles. The lowest BCUT2D eigenvalue weighted by atomic mass is 9.89. The zero-order valence-electron chi connectivity index (χ0n) is 16.2. The Labute approximate surface area is 169 Å². The van der Waals surface area contributed by atoms with Gasteiger partial charge in [-0.25, -0.2) is 0 Å². The maximum Gasteiger partial charge on any atom is 0.161 e. The Morgan fingerprint density at radius 3 is 2.11 bits per heavy atom. The lowest BCUT2D eigenvalue weighted by Crippen LogP contribution is -2.31. The molecular formula is C21H26BrNO4. The van der Waals surface area contributed by atoms with Gasteiger partial charge >= 0.3 is 0 Å². The van der Waals surface area contributed by atoms with E-state index in [2.05, 4.69) is 33.4 Å². The molecule has 0 bridgehead atoms. The molecule has 0 aliphatic carbocycles. The van der Waals surface area contributed by atoms with E-state index in [4.69, 9.17) is 18.9 Å². The third-order valence-corrected chi connectivity index (χ3v) is 5.36. The third-order valence-electron chi connectivity index (χ3n) is 4.67. The molecule has 1 N–H and O–H groups in total. The lowest BCUT2D eigenvalue weighted by Gasteiger charge is -2.30. The van der Waals surface area contributed by atoms with Crippen LogP contribution in [0.1, 0.15) is 36.6 Å². The Morgan fingerprint density at radius 2 is 1.48 bits per heavy atom. The summed E-state index contributed by atoms with van der Waals surface area (Å²) in [7, 11) is 3.29. The van der Waals surface area contributed by atoms with Crippen molar-refractivity contribution in [2.75, 3.05) is 34.0 Å². The van der Waals surface area contributed by atoms with E-state index in [1.165, 1.54) is 11.1 Å². The first-order valence-corrected chi connectivity index (χ1v) is 9.99. The second-order valence-corrected chi connectivity index (χ2v) is 7.08. The number of halogens is 1. The largest absolute Gasteiger partial charge is 0.493 e. The van der Waals surface area contributed by atoms with E-state index in [0.29, 0.717) is 24.7 Å². The Morgan fingerprint density at radius 1 is 0.889 bits per heavy atom. The van der Waals surface area contributed by atoms with Gasteiger partial charge in [-0.05, 0) is 61.2 Å². The highest BCUT2D eigenvalue weighted by Gasteiger charge is 2.27. The molecule has 1 aliphatic heterocycles. The molecule has 1 atom stereocenters. The molecule has 2 aromatic rings. The van der Waals surface area contributed by atoms with Crippen molar-refractivity contribution >= 4 is 15.9 Å². The summed E-state index contributed by atoms with van der Waals surface area (Å²) in [5.41, 5.74) is 3.56. The Hall–Kier alpha value is -1.92. The molecule has 0 aromatic heterocycles. The Balaban J connectivity index is 2.09. The minimum atomic E-state index is 0.0258. The van der Waals surface area contributed by atoms with Crippen molar-refractivity contribution in [1.82, 2.24) is 5.32 Å². The molecule has 5 nitrogen and oxygen atoms in total. The fraction of sp³-hybridized carbons (Fsp3) is 0.429. The number of rotatable bonds is 7.